The zero-order valence-corrected chi connectivity index (χ0v) is 12.5. The minimum absolute atomic E-state index is 0.628. The molecule has 0 radical (unpaired) electrons. The van der Waals surface area contributed by atoms with Crippen LogP contribution in [0.2, 0.25) is 0 Å². The minimum Gasteiger partial charge on any atom is -0.494 e. The van der Waals surface area contributed by atoms with Crippen molar-refractivity contribution in [3.05, 3.63) is 29.8 Å². The van der Waals surface area contributed by atoms with E-state index in [9.17, 15) is 0 Å². The Kier molecular flexibility index (Phi) is 5.27. The maximum Gasteiger partial charge on any atom is 0.191 e. The molecule has 4 heteroatoms. The van der Waals surface area contributed by atoms with E-state index in [2.05, 4.69) is 28.9 Å². The number of nitrogens with two attached hydrogens (primary N) is 1. The van der Waals surface area contributed by atoms with Crippen molar-refractivity contribution in [1.82, 2.24) is 4.90 Å². The van der Waals surface area contributed by atoms with E-state index in [1.807, 2.05) is 19.2 Å². The molecule has 1 fully saturated rings. The average molecular weight is 275 g/mol. The summed E-state index contributed by atoms with van der Waals surface area (Å²) in [4.78, 5) is 6.49. The second kappa shape index (κ2) is 7.17. The molecule has 2 N–H and O–H groups in total. The number of unbranched alkanes of at least 4 members (excludes halogenated alkanes) is 1. The molecule has 1 aromatic carbocycles. The van der Waals surface area contributed by atoms with Gasteiger partial charge in [-0.05, 0) is 44.7 Å². The van der Waals surface area contributed by atoms with E-state index < -0.39 is 0 Å². The Morgan fingerprint density at radius 2 is 2.00 bits per heavy atom. The maximum absolute atomic E-state index is 5.92. The molecule has 0 bridgehead atoms. The van der Waals surface area contributed by atoms with Crippen molar-refractivity contribution in [2.24, 2.45) is 10.7 Å². The topological polar surface area (TPSA) is 50.9 Å². The van der Waals surface area contributed by atoms with Gasteiger partial charge in [0.15, 0.2) is 5.96 Å². The maximum atomic E-state index is 5.92. The van der Waals surface area contributed by atoms with E-state index in [0.29, 0.717) is 12.0 Å². The molecule has 1 aliphatic rings. The summed E-state index contributed by atoms with van der Waals surface area (Å²) < 4.78 is 5.67. The summed E-state index contributed by atoms with van der Waals surface area (Å²) in [5, 5.41) is 0. The quantitative estimate of drug-likeness (QED) is 0.473. The molecule has 0 saturated heterocycles. The van der Waals surface area contributed by atoms with E-state index in [4.69, 9.17) is 10.5 Å². The van der Waals surface area contributed by atoms with Crippen molar-refractivity contribution in [1.29, 1.82) is 0 Å². The van der Waals surface area contributed by atoms with Crippen LogP contribution in [0.5, 0.6) is 5.75 Å². The Morgan fingerprint density at radius 1 is 1.30 bits per heavy atom. The number of rotatable bonds is 7. The number of aliphatic imine (C=N–C) groups is 1. The molecule has 0 spiro atoms. The van der Waals surface area contributed by atoms with Crippen LogP contribution in [0.1, 0.15) is 31.2 Å². The van der Waals surface area contributed by atoms with E-state index in [0.717, 1.165) is 31.7 Å². The number of nitrogens with zero attached hydrogens (tertiary/aromatic N) is 2. The van der Waals surface area contributed by atoms with Crippen LogP contribution in [-0.2, 0) is 0 Å². The number of benzene rings is 1. The van der Waals surface area contributed by atoms with Gasteiger partial charge >= 0.3 is 0 Å². The first-order chi connectivity index (χ1) is 9.66. The molecule has 0 amide bonds. The molecule has 1 aromatic rings. The monoisotopic (exact) mass is 275 g/mol. The molecule has 0 unspecified atom stereocenters. The van der Waals surface area contributed by atoms with Crippen LogP contribution in [0.3, 0.4) is 0 Å². The largest absolute Gasteiger partial charge is 0.494 e. The minimum atomic E-state index is 0.628. The van der Waals surface area contributed by atoms with Crippen LogP contribution < -0.4 is 10.5 Å². The Labute approximate surface area is 121 Å². The molecule has 0 atom stereocenters. The zero-order valence-electron chi connectivity index (χ0n) is 12.5. The van der Waals surface area contributed by atoms with Crippen molar-refractivity contribution in [3.63, 3.8) is 0 Å². The van der Waals surface area contributed by atoms with Gasteiger partial charge in [-0.2, -0.15) is 0 Å². The molecule has 0 aromatic heterocycles. The third kappa shape index (κ3) is 4.76. The van der Waals surface area contributed by atoms with Gasteiger partial charge in [0, 0.05) is 19.6 Å². The molecule has 2 rings (SSSR count). The van der Waals surface area contributed by atoms with Crippen LogP contribution in [0.15, 0.2) is 29.3 Å². The molecule has 1 aliphatic carbocycles. The Morgan fingerprint density at radius 3 is 2.65 bits per heavy atom. The van der Waals surface area contributed by atoms with Gasteiger partial charge in [-0.1, -0.05) is 17.7 Å². The lowest BCUT2D eigenvalue weighted by Gasteiger charge is -2.16. The number of aryl methyl sites for hydroxylation is 1. The van der Waals surface area contributed by atoms with Gasteiger partial charge in [0.2, 0.25) is 0 Å². The molecule has 0 aliphatic heterocycles. The van der Waals surface area contributed by atoms with Gasteiger partial charge in [0.1, 0.15) is 5.75 Å². The normalized spacial score (nSPS) is 15.2. The van der Waals surface area contributed by atoms with Crippen LogP contribution >= 0.6 is 0 Å². The van der Waals surface area contributed by atoms with Gasteiger partial charge in [-0.3, -0.25) is 4.99 Å². The van der Waals surface area contributed by atoms with Crippen molar-refractivity contribution in [2.75, 3.05) is 20.2 Å². The van der Waals surface area contributed by atoms with Gasteiger partial charge in [-0.25, -0.2) is 0 Å². The molecular formula is C16H25N3O. The summed E-state index contributed by atoms with van der Waals surface area (Å²) in [7, 11) is 2.02. The summed E-state index contributed by atoms with van der Waals surface area (Å²) in [5.74, 6) is 1.61. The van der Waals surface area contributed by atoms with Crippen molar-refractivity contribution >= 4 is 5.96 Å². The molecule has 1 saturated carbocycles. The standard InChI is InChI=1S/C16H25N3O/c1-13-5-9-15(10-6-13)20-12-4-3-11-18-16(17)19(2)14-7-8-14/h5-6,9-10,14H,3-4,7-8,11-12H2,1-2H3,(H2,17,18). The van der Waals surface area contributed by atoms with E-state index in [1.165, 1.54) is 18.4 Å². The fourth-order valence-electron chi connectivity index (χ4n) is 1.99. The van der Waals surface area contributed by atoms with Gasteiger partial charge in [0.25, 0.3) is 0 Å². The summed E-state index contributed by atoms with van der Waals surface area (Å²) in [6.45, 7) is 3.59. The molecule has 0 heterocycles. The first kappa shape index (κ1) is 14.7. The van der Waals surface area contributed by atoms with Crippen molar-refractivity contribution < 1.29 is 4.74 Å². The van der Waals surface area contributed by atoms with E-state index in [1.54, 1.807) is 0 Å². The second-order valence-electron chi connectivity index (χ2n) is 5.45. The summed E-state index contributed by atoms with van der Waals surface area (Å²) >= 11 is 0. The average Bonchev–Trinajstić information content (AvgIpc) is 3.28. The number of hydrogen-bond donors (Lipinski definition) is 1. The lowest BCUT2D eigenvalue weighted by molar-refractivity contribution is 0.307. The number of hydrogen-bond acceptors (Lipinski definition) is 2. The highest BCUT2D eigenvalue weighted by atomic mass is 16.5. The molecule has 20 heavy (non-hydrogen) atoms. The SMILES string of the molecule is Cc1ccc(OCCCCN=C(N)N(C)C2CC2)cc1. The Balaban J connectivity index is 1.57. The molecular weight excluding hydrogens is 250 g/mol. The fourth-order valence-corrected chi connectivity index (χ4v) is 1.99. The van der Waals surface area contributed by atoms with E-state index in [-0.39, 0.29) is 0 Å². The third-order valence-corrected chi connectivity index (χ3v) is 3.57. The summed E-state index contributed by atoms with van der Waals surface area (Å²) in [6, 6.07) is 8.78. The summed E-state index contributed by atoms with van der Waals surface area (Å²) in [6.07, 6.45) is 4.50. The Bertz CT molecular complexity index is 438. The molecule has 4 nitrogen and oxygen atoms in total. The van der Waals surface area contributed by atoms with Gasteiger partial charge in [-0.15, -0.1) is 0 Å². The first-order valence-corrected chi connectivity index (χ1v) is 7.39. The van der Waals surface area contributed by atoms with Crippen LogP contribution in [0.25, 0.3) is 0 Å². The first-order valence-electron chi connectivity index (χ1n) is 7.39. The van der Waals surface area contributed by atoms with E-state index >= 15 is 0 Å². The lowest BCUT2D eigenvalue weighted by atomic mass is 10.2. The third-order valence-electron chi connectivity index (χ3n) is 3.57. The summed E-state index contributed by atoms with van der Waals surface area (Å²) in [5.41, 5.74) is 7.17. The van der Waals surface area contributed by atoms with Crippen LogP contribution in [0.4, 0.5) is 0 Å². The highest BCUT2D eigenvalue weighted by molar-refractivity contribution is 5.78. The second-order valence-corrected chi connectivity index (χ2v) is 5.45. The predicted molar refractivity (Wildman–Crippen MR) is 83.2 cm³/mol. The smallest absolute Gasteiger partial charge is 0.191 e. The van der Waals surface area contributed by atoms with Crippen LogP contribution in [0, 0.1) is 6.92 Å². The highest BCUT2D eigenvalue weighted by Crippen LogP contribution is 2.24. The van der Waals surface area contributed by atoms with Gasteiger partial charge in [0.05, 0.1) is 6.61 Å². The number of guanidine groups is 1. The highest BCUT2D eigenvalue weighted by Gasteiger charge is 2.27. The number of ether oxygens (including phenoxy) is 1. The predicted octanol–water partition coefficient (Wildman–Crippen LogP) is 2.56. The lowest BCUT2D eigenvalue weighted by Crippen LogP contribution is -2.35. The van der Waals surface area contributed by atoms with Crippen molar-refractivity contribution in [3.8, 4) is 5.75 Å². The van der Waals surface area contributed by atoms with Crippen LogP contribution in [-0.4, -0.2) is 37.1 Å². The Hall–Kier alpha value is -1.71. The zero-order chi connectivity index (χ0) is 14.4. The van der Waals surface area contributed by atoms with Crippen molar-refractivity contribution in [2.45, 2.75) is 38.6 Å². The fraction of sp³-hybridized carbons (Fsp3) is 0.562. The van der Waals surface area contributed by atoms with Gasteiger partial charge < -0.3 is 15.4 Å². The molecule has 110 valence electrons.